The lowest BCUT2D eigenvalue weighted by molar-refractivity contribution is -0.158. The van der Waals surface area contributed by atoms with Crippen LogP contribution in [0.4, 0.5) is 0 Å². The van der Waals surface area contributed by atoms with E-state index in [0.717, 1.165) is 0 Å². The molecule has 0 amide bonds. The molecule has 0 saturated carbocycles. The maximum atomic E-state index is 11.6. The van der Waals surface area contributed by atoms with Crippen LogP contribution in [0.1, 0.15) is 0 Å². The minimum Gasteiger partial charge on any atom is -0.478 e. The van der Waals surface area contributed by atoms with Crippen molar-refractivity contribution in [1.82, 2.24) is 0 Å². The molecule has 0 spiro atoms. The van der Waals surface area contributed by atoms with Crippen LogP contribution in [0.2, 0.25) is 15.1 Å². The van der Waals surface area contributed by atoms with E-state index in [-0.39, 0.29) is 11.5 Å². The van der Waals surface area contributed by atoms with Gasteiger partial charge in [-0.05, 0) is 30.3 Å². The van der Waals surface area contributed by atoms with E-state index in [1.165, 1.54) is 19.2 Å². The monoisotopic (exact) mass is 418 g/mol. The molecule has 0 fully saturated rings. The molecule has 0 radical (unpaired) electrons. The fraction of sp³-hybridized carbons (Fsp3) is 0.176. The summed E-state index contributed by atoms with van der Waals surface area (Å²) in [4.78, 5) is 22.6. The third kappa shape index (κ3) is 5.98. The smallest absolute Gasteiger partial charge is 0.344 e. The van der Waals surface area contributed by atoms with Gasteiger partial charge < -0.3 is 18.9 Å². The van der Waals surface area contributed by atoms with E-state index >= 15 is 0 Å². The van der Waals surface area contributed by atoms with Gasteiger partial charge in [-0.1, -0.05) is 34.8 Å². The van der Waals surface area contributed by atoms with E-state index in [2.05, 4.69) is 9.47 Å². The molecule has 0 N–H and O–H groups in total. The minimum absolute atomic E-state index is 0.193. The molecule has 0 aliphatic rings. The van der Waals surface area contributed by atoms with Gasteiger partial charge in [0.2, 0.25) is 0 Å². The Balaban J connectivity index is 2.07. The van der Waals surface area contributed by atoms with Crippen LogP contribution in [0, 0.1) is 0 Å². The van der Waals surface area contributed by atoms with E-state index in [4.69, 9.17) is 44.3 Å². The summed E-state index contributed by atoms with van der Waals surface area (Å²) in [5, 5.41) is 1.14. The zero-order chi connectivity index (χ0) is 19.1. The van der Waals surface area contributed by atoms with Gasteiger partial charge >= 0.3 is 11.9 Å². The van der Waals surface area contributed by atoms with Gasteiger partial charge in [0.15, 0.2) is 24.7 Å². The zero-order valence-corrected chi connectivity index (χ0v) is 15.7. The number of benzene rings is 2. The normalized spacial score (nSPS) is 10.2. The molecule has 26 heavy (non-hydrogen) atoms. The van der Waals surface area contributed by atoms with Crippen LogP contribution in [0.25, 0.3) is 0 Å². The summed E-state index contributed by atoms with van der Waals surface area (Å²) in [5.41, 5.74) is 0. The molecule has 0 atom stereocenters. The number of methoxy groups -OCH3 is 1. The topological polar surface area (TPSA) is 71.1 Å². The number of hydrogen-bond donors (Lipinski definition) is 0. The standard InChI is InChI=1S/C17H13Cl3O6/c1-23-16(21)8-25-17(22)9-24-15-7-11(19)3-5-14(15)26-13-4-2-10(18)6-12(13)20/h2-7H,8-9H2,1H3. The van der Waals surface area contributed by atoms with Gasteiger partial charge in [-0.25, -0.2) is 9.59 Å². The molecular formula is C17H13Cl3O6. The molecule has 0 aromatic heterocycles. The Morgan fingerprint density at radius 2 is 1.50 bits per heavy atom. The van der Waals surface area contributed by atoms with Crippen molar-refractivity contribution in [3.05, 3.63) is 51.5 Å². The Kier molecular flexibility index (Phi) is 7.38. The Hall–Kier alpha value is -2.15. The highest BCUT2D eigenvalue weighted by molar-refractivity contribution is 6.35. The lowest BCUT2D eigenvalue weighted by atomic mass is 10.3. The van der Waals surface area contributed by atoms with Crippen molar-refractivity contribution < 1.29 is 28.5 Å². The summed E-state index contributed by atoms with van der Waals surface area (Å²) < 4.78 is 20.1. The van der Waals surface area contributed by atoms with Gasteiger partial charge in [-0.3, -0.25) is 0 Å². The second kappa shape index (κ2) is 9.52. The highest BCUT2D eigenvalue weighted by atomic mass is 35.5. The highest BCUT2D eigenvalue weighted by Gasteiger charge is 2.13. The van der Waals surface area contributed by atoms with Crippen molar-refractivity contribution in [3.8, 4) is 17.2 Å². The lowest BCUT2D eigenvalue weighted by Crippen LogP contribution is -2.20. The van der Waals surface area contributed by atoms with Gasteiger partial charge in [-0.2, -0.15) is 0 Å². The molecule has 0 unspecified atom stereocenters. The van der Waals surface area contributed by atoms with Crippen molar-refractivity contribution in [2.45, 2.75) is 0 Å². The third-order valence-corrected chi connectivity index (χ3v) is 3.71. The maximum Gasteiger partial charge on any atom is 0.344 e. The average Bonchev–Trinajstić information content (AvgIpc) is 2.61. The highest BCUT2D eigenvalue weighted by Crippen LogP contribution is 2.37. The van der Waals surface area contributed by atoms with Crippen LogP contribution in [-0.4, -0.2) is 32.3 Å². The molecule has 138 valence electrons. The molecule has 0 aliphatic heterocycles. The van der Waals surface area contributed by atoms with Gasteiger partial charge in [0.25, 0.3) is 0 Å². The number of carbonyl (C=O) groups excluding carboxylic acids is 2. The fourth-order valence-corrected chi connectivity index (χ4v) is 2.34. The predicted octanol–water partition coefficient (Wildman–Crippen LogP) is 4.53. The zero-order valence-electron chi connectivity index (χ0n) is 13.5. The molecule has 2 rings (SSSR count). The first-order valence-corrected chi connectivity index (χ1v) is 8.30. The Labute approximate surface area is 164 Å². The van der Waals surface area contributed by atoms with Gasteiger partial charge in [0, 0.05) is 16.1 Å². The summed E-state index contributed by atoms with van der Waals surface area (Å²) in [5.74, 6) is -0.622. The number of esters is 2. The van der Waals surface area contributed by atoms with Crippen LogP contribution in [-0.2, 0) is 19.1 Å². The molecule has 2 aromatic carbocycles. The minimum atomic E-state index is -0.758. The maximum absolute atomic E-state index is 11.6. The van der Waals surface area contributed by atoms with Crippen molar-refractivity contribution in [3.63, 3.8) is 0 Å². The molecule has 0 aliphatic carbocycles. The SMILES string of the molecule is COC(=O)COC(=O)COc1cc(Cl)ccc1Oc1ccc(Cl)cc1Cl. The Bertz CT molecular complexity index is 809. The van der Waals surface area contributed by atoms with Crippen molar-refractivity contribution in [2.24, 2.45) is 0 Å². The van der Waals surface area contributed by atoms with E-state index in [0.29, 0.717) is 20.8 Å². The van der Waals surface area contributed by atoms with E-state index in [9.17, 15) is 9.59 Å². The summed E-state index contributed by atoms with van der Waals surface area (Å²) >= 11 is 17.9. The quantitative estimate of drug-likeness (QED) is 0.614. The van der Waals surface area contributed by atoms with E-state index < -0.39 is 25.2 Å². The van der Waals surface area contributed by atoms with Crippen LogP contribution in [0.3, 0.4) is 0 Å². The molecule has 6 nitrogen and oxygen atoms in total. The van der Waals surface area contributed by atoms with Crippen LogP contribution in [0.15, 0.2) is 36.4 Å². The Morgan fingerprint density at radius 3 is 2.15 bits per heavy atom. The van der Waals surface area contributed by atoms with Crippen LogP contribution >= 0.6 is 34.8 Å². The number of hydrogen-bond acceptors (Lipinski definition) is 6. The molecule has 0 saturated heterocycles. The molecular weight excluding hydrogens is 407 g/mol. The molecule has 0 bridgehead atoms. The number of halogens is 3. The number of carbonyl (C=O) groups is 2. The molecule has 2 aromatic rings. The number of rotatable bonds is 7. The lowest BCUT2D eigenvalue weighted by Gasteiger charge is -2.13. The van der Waals surface area contributed by atoms with Crippen molar-refractivity contribution >= 4 is 46.7 Å². The van der Waals surface area contributed by atoms with Crippen LogP contribution < -0.4 is 9.47 Å². The summed E-state index contributed by atoms with van der Waals surface area (Å²) in [6.45, 7) is -0.958. The summed E-state index contributed by atoms with van der Waals surface area (Å²) in [6, 6.07) is 9.34. The first-order valence-electron chi connectivity index (χ1n) is 7.16. The Morgan fingerprint density at radius 1 is 0.846 bits per heavy atom. The van der Waals surface area contributed by atoms with Gasteiger partial charge in [0.05, 0.1) is 12.1 Å². The van der Waals surface area contributed by atoms with Crippen molar-refractivity contribution in [1.29, 1.82) is 0 Å². The third-order valence-electron chi connectivity index (χ3n) is 2.94. The van der Waals surface area contributed by atoms with Gasteiger partial charge in [0.1, 0.15) is 5.75 Å². The summed E-state index contributed by atoms with van der Waals surface area (Å²) in [7, 11) is 1.18. The summed E-state index contributed by atoms with van der Waals surface area (Å²) in [6.07, 6.45) is 0. The molecule has 0 heterocycles. The molecule has 9 heteroatoms. The van der Waals surface area contributed by atoms with E-state index in [1.807, 2.05) is 0 Å². The second-order valence-corrected chi connectivity index (χ2v) is 6.07. The first kappa shape index (κ1) is 20.2. The van der Waals surface area contributed by atoms with E-state index in [1.54, 1.807) is 24.3 Å². The van der Waals surface area contributed by atoms with Gasteiger partial charge in [-0.15, -0.1) is 0 Å². The average molecular weight is 420 g/mol. The first-order chi connectivity index (χ1) is 12.4. The predicted molar refractivity (Wildman–Crippen MR) is 96.5 cm³/mol. The number of ether oxygens (including phenoxy) is 4. The fourth-order valence-electron chi connectivity index (χ4n) is 1.73. The van der Waals surface area contributed by atoms with Crippen LogP contribution in [0.5, 0.6) is 17.2 Å². The largest absolute Gasteiger partial charge is 0.478 e. The van der Waals surface area contributed by atoms with Crippen molar-refractivity contribution in [2.75, 3.05) is 20.3 Å². The second-order valence-electron chi connectivity index (χ2n) is 4.79.